The van der Waals surface area contributed by atoms with E-state index in [4.69, 9.17) is 4.74 Å². The molecular weight excluding hydrogens is 354 g/mol. The van der Waals surface area contributed by atoms with Gasteiger partial charge >= 0.3 is 0 Å². The van der Waals surface area contributed by atoms with Gasteiger partial charge in [-0.2, -0.15) is 0 Å². The van der Waals surface area contributed by atoms with Crippen molar-refractivity contribution in [3.05, 3.63) is 36.0 Å². The van der Waals surface area contributed by atoms with Crippen molar-refractivity contribution in [2.24, 2.45) is 0 Å². The maximum absolute atomic E-state index is 12.6. The van der Waals surface area contributed by atoms with Crippen molar-refractivity contribution < 1.29 is 17.9 Å². The molecule has 7 nitrogen and oxygen atoms in total. The van der Waals surface area contributed by atoms with Crippen molar-refractivity contribution in [2.75, 3.05) is 26.5 Å². The minimum atomic E-state index is -3.68. The Kier molecular flexibility index (Phi) is 4.81. The van der Waals surface area contributed by atoms with Crippen LogP contribution in [-0.4, -0.2) is 49.4 Å². The minimum absolute atomic E-state index is 0.105. The molecule has 2 heterocycles. The van der Waals surface area contributed by atoms with Crippen molar-refractivity contribution in [1.82, 2.24) is 13.9 Å². The molecule has 1 N–H and O–H groups in total. The topological polar surface area (TPSA) is 82.3 Å². The third-order valence-electron chi connectivity index (χ3n) is 4.29. The van der Waals surface area contributed by atoms with E-state index in [1.807, 2.05) is 38.1 Å². The number of methoxy groups -OCH3 is 1. The number of carbonyl (C=O) groups is 1. The molecule has 1 aromatic carbocycles. The summed E-state index contributed by atoms with van der Waals surface area (Å²) in [7, 11) is -2.15. The molecule has 0 fully saturated rings. The fraction of sp³-hybridized carbons (Fsp3) is 0.389. The number of rotatable bonds is 6. The van der Waals surface area contributed by atoms with Gasteiger partial charge in [-0.15, -0.1) is 0 Å². The molecule has 0 saturated carbocycles. The summed E-state index contributed by atoms with van der Waals surface area (Å²) in [6.07, 6.45) is 1.11. The highest BCUT2D eigenvalue weighted by atomic mass is 32.2. The molecule has 0 aliphatic rings. The van der Waals surface area contributed by atoms with Crippen LogP contribution in [0.5, 0.6) is 0 Å². The summed E-state index contributed by atoms with van der Waals surface area (Å²) in [4.78, 5) is 12.6. The third-order valence-corrected chi connectivity index (χ3v) is 5.33. The van der Waals surface area contributed by atoms with Crippen LogP contribution < -0.4 is 5.32 Å². The van der Waals surface area contributed by atoms with E-state index in [2.05, 4.69) is 9.88 Å². The minimum Gasteiger partial charge on any atom is -0.383 e. The number of amides is 1. The number of hydrogen-bond donors (Lipinski definition) is 1. The molecule has 0 unspecified atom stereocenters. The molecule has 3 aromatic rings. The van der Waals surface area contributed by atoms with Gasteiger partial charge in [0.05, 0.1) is 29.4 Å². The highest BCUT2D eigenvalue weighted by Gasteiger charge is 2.26. The number of nitrogens with one attached hydrogen (secondary N) is 1. The largest absolute Gasteiger partial charge is 0.383 e. The second-order valence-corrected chi connectivity index (χ2v) is 8.35. The lowest BCUT2D eigenvalue weighted by Gasteiger charge is -2.11. The number of aromatic nitrogens is 2. The van der Waals surface area contributed by atoms with Gasteiger partial charge in [0, 0.05) is 25.1 Å². The molecule has 0 bridgehead atoms. The summed E-state index contributed by atoms with van der Waals surface area (Å²) in [5.74, 6) is -0.442. The van der Waals surface area contributed by atoms with Gasteiger partial charge < -0.3 is 14.6 Å². The first-order valence-corrected chi connectivity index (χ1v) is 10.2. The predicted octanol–water partition coefficient (Wildman–Crippen LogP) is 2.36. The Labute approximate surface area is 152 Å². The van der Waals surface area contributed by atoms with Crippen LogP contribution >= 0.6 is 0 Å². The van der Waals surface area contributed by atoms with Crippen LogP contribution in [0.2, 0.25) is 0 Å². The third kappa shape index (κ3) is 2.99. The van der Waals surface area contributed by atoms with Crippen LogP contribution in [-0.2, 0) is 14.8 Å². The first-order valence-electron chi connectivity index (χ1n) is 8.39. The standard InChI is InChI=1S/C18H23N3O4S/c1-12(2)20-14-8-6-5-7-13(14)17-15(20)11-16(21(17)26(4,23)24)18(22)19-9-10-25-3/h5-8,11-12H,9-10H2,1-4H3,(H,19,22). The van der Waals surface area contributed by atoms with Gasteiger partial charge in [0.15, 0.2) is 0 Å². The Bertz CT molecular complexity index is 1080. The van der Waals surface area contributed by atoms with Crippen LogP contribution in [0, 0.1) is 0 Å². The number of ether oxygens (including phenoxy) is 1. The average molecular weight is 377 g/mol. The Morgan fingerprint density at radius 2 is 1.92 bits per heavy atom. The lowest BCUT2D eigenvalue weighted by atomic mass is 10.2. The maximum atomic E-state index is 12.6. The molecule has 26 heavy (non-hydrogen) atoms. The summed E-state index contributed by atoms with van der Waals surface area (Å²) in [5, 5.41) is 3.50. The fourth-order valence-electron chi connectivity index (χ4n) is 3.34. The van der Waals surface area contributed by atoms with E-state index < -0.39 is 15.9 Å². The van der Waals surface area contributed by atoms with Crippen LogP contribution in [0.1, 0.15) is 30.4 Å². The summed E-state index contributed by atoms with van der Waals surface area (Å²) in [5.41, 5.74) is 2.31. The molecule has 0 saturated heterocycles. The van der Waals surface area contributed by atoms with E-state index in [9.17, 15) is 13.2 Å². The quantitative estimate of drug-likeness (QED) is 0.669. The van der Waals surface area contributed by atoms with Crippen molar-refractivity contribution in [1.29, 1.82) is 0 Å². The molecule has 0 aliphatic carbocycles. The maximum Gasteiger partial charge on any atom is 0.269 e. The predicted molar refractivity (Wildman–Crippen MR) is 102 cm³/mol. The van der Waals surface area contributed by atoms with Gasteiger partial charge in [-0.1, -0.05) is 18.2 Å². The number of nitrogens with zero attached hydrogens (tertiary/aromatic N) is 2. The van der Waals surface area contributed by atoms with Gasteiger partial charge in [-0.25, -0.2) is 12.4 Å². The van der Waals surface area contributed by atoms with E-state index in [-0.39, 0.29) is 11.7 Å². The Balaban J connectivity index is 2.34. The molecule has 3 rings (SSSR count). The first-order chi connectivity index (χ1) is 12.3. The summed E-state index contributed by atoms with van der Waals surface area (Å²) in [6.45, 7) is 4.72. The molecule has 0 spiro atoms. The Hall–Kier alpha value is -2.32. The molecular formula is C18H23N3O4S. The molecule has 8 heteroatoms. The number of fused-ring (bicyclic) bond motifs is 3. The number of carbonyl (C=O) groups excluding carboxylic acids is 1. The molecule has 0 aliphatic heterocycles. The molecule has 140 valence electrons. The van der Waals surface area contributed by atoms with Crippen molar-refractivity contribution >= 4 is 37.9 Å². The molecule has 0 radical (unpaired) electrons. The number of hydrogen-bond acceptors (Lipinski definition) is 4. The highest BCUT2D eigenvalue weighted by molar-refractivity contribution is 7.89. The second-order valence-electron chi connectivity index (χ2n) is 6.52. The van der Waals surface area contributed by atoms with E-state index in [1.165, 1.54) is 7.11 Å². The fourth-order valence-corrected chi connectivity index (χ4v) is 4.36. The van der Waals surface area contributed by atoms with Crippen molar-refractivity contribution in [2.45, 2.75) is 19.9 Å². The zero-order valence-electron chi connectivity index (χ0n) is 15.3. The lowest BCUT2D eigenvalue weighted by molar-refractivity contribution is 0.0931. The SMILES string of the molecule is COCCNC(=O)c1cc2c(c3ccccc3n2C(C)C)n1S(C)(=O)=O. The van der Waals surface area contributed by atoms with Gasteiger partial charge in [0.2, 0.25) is 10.0 Å². The van der Waals surface area contributed by atoms with Crippen molar-refractivity contribution in [3.63, 3.8) is 0 Å². The van der Waals surface area contributed by atoms with Crippen LogP contribution in [0.3, 0.4) is 0 Å². The van der Waals surface area contributed by atoms with Gasteiger partial charge in [-0.05, 0) is 26.0 Å². The number of para-hydroxylation sites is 1. The number of benzene rings is 1. The highest BCUT2D eigenvalue weighted by Crippen LogP contribution is 2.34. The summed E-state index contributed by atoms with van der Waals surface area (Å²) in [6, 6.07) is 9.38. The van der Waals surface area contributed by atoms with Crippen LogP contribution in [0.25, 0.3) is 21.9 Å². The average Bonchev–Trinajstić information content (AvgIpc) is 3.08. The van der Waals surface area contributed by atoms with Gasteiger partial charge in [0.25, 0.3) is 5.91 Å². The zero-order chi connectivity index (χ0) is 19.1. The second kappa shape index (κ2) is 6.77. The molecule has 2 aromatic heterocycles. The van der Waals surface area contributed by atoms with E-state index >= 15 is 0 Å². The normalized spacial score (nSPS) is 12.3. The monoisotopic (exact) mass is 377 g/mol. The summed E-state index contributed by atoms with van der Waals surface area (Å²) < 4.78 is 33.2. The lowest BCUT2D eigenvalue weighted by Crippen LogP contribution is -2.30. The van der Waals surface area contributed by atoms with Crippen LogP contribution in [0.15, 0.2) is 30.3 Å². The Morgan fingerprint density at radius 1 is 1.23 bits per heavy atom. The van der Waals surface area contributed by atoms with Crippen molar-refractivity contribution in [3.8, 4) is 0 Å². The summed E-state index contributed by atoms with van der Waals surface area (Å²) >= 11 is 0. The smallest absolute Gasteiger partial charge is 0.269 e. The first kappa shape index (κ1) is 18.5. The molecule has 1 amide bonds. The zero-order valence-corrected chi connectivity index (χ0v) is 16.1. The molecule has 0 atom stereocenters. The van der Waals surface area contributed by atoms with Gasteiger partial charge in [0.1, 0.15) is 5.69 Å². The van der Waals surface area contributed by atoms with Crippen LogP contribution in [0.4, 0.5) is 0 Å². The van der Waals surface area contributed by atoms with E-state index in [1.54, 1.807) is 6.07 Å². The Morgan fingerprint density at radius 3 is 2.54 bits per heavy atom. The van der Waals surface area contributed by atoms with E-state index in [0.717, 1.165) is 26.6 Å². The van der Waals surface area contributed by atoms with Gasteiger partial charge in [-0.3, -0.25) is 4.79 Å². The van der Waals surface area contributed by atoms with E-state index in [0.29, 0.717) is 18.7 Å².